The lowest BCUT2D eigenvalue weighted by Gasteiger charge is -2.42. The van der Waals surface area contributed by atoms with Gasteiger partial charge in [-0.05, 0) is 16.7 Å². The number of benzene rings is 3. The van der Waals surface area contributed by atoms with Crippen molar-refractivity contribution in [3.63, 3.8) is 0 Å². The van der Waals surface area contributed by atoms with Crippen LogP contribution in [0, 0.1) is 0 Å². The molecule has 132 valence electrons. The number of aliphatic hydroxyl groups is 1. The highest BCUT2D eigenvalue weighted by atomic mass is 19.1. The zero-order chi connectivity index (χ0) is 18.5. The standard InChI is InChI=1S/C24H23FO/c1-2-18-24(26,22-16-10-5-11-17-22)23(25,21-14-8-4-9-15-21)19-20-12-6-3-7-13-20/h2-17,26H,1,18-19H2/t23-,24-/m0/s1. The molecule has 2 atom stereocenters. The summed E-state index contributed by atoms with van der Waals surface area (Å²) in [6, 6.07) is 27.4. The summed E-state index contributed by atoms with van der Waals surface area (Å²) in [6.45, 7) is 3.76. The lowest BCUT2D eigenvalue weighted by atomic mass is 9.70. The monoisotopic (exact) mass is 346 g/mol. The first kappa shape index (κ1) is 18.1. The average Bonchev–Trinajstić information content (AvgIpc) is 2.70. The van der Waals surface area contributed by atoms with Crippen molar-refractivity contribution in [1.82, 2.24) is 0 Å². The smallest absolute Gasteiger partial charge is 0.172 e. The van der Waals surface area contributed by atoms with E-state index < -0.39 is 11.3 Å². The van der Waals surface area contributed by atoms with Gasteiger partial charge in [-0.2, -0.15) is 0 Å². The first-order valence-corrected chi connectivity index (χ1v) is 8.77. The van der Waals surface area contributed by atoms with Gasteiger partial charge in [0.05, 0.1) is 0 Å². The molecular weight excluding hydrogens is 323 g/mol. The molecule has 2 heteroatoms. The molecule has 0 spiro atoms. The van der Waals surface area contributed by atoms with E-state index in [1.54, 1.807) is 42.5 Å². The van der Waals surface area contributed by atoms with Gasteiger partial charge >= 0.3 is 0 Å². The molecule has 0 radical (unpaired) electrons. The Morgan fingerprint density at radius 3 is 1.73 bits per heavy atom. The van der Waals surface area contributed by atoms with Crippen LogP contribution in [0.5, 0.6) is 0 Å². The van der Waals surface area contributed by atoms with E-state index in [2.05, 4.69) is 6.58 Å². The van der Waals surface area contributed by atoms with Crippen LogP contribution in [0.4, 0.5) is 4.39 Å². The molecule has 1 nitrogen and oxygen atoms in total. The highest BCUT2D eigenvalue weighted by Crippen LogP contribution is 2.48. The predicted octanol–water partition coefficient (Wildman–Crippen LogP) is 5.56. The molecule has 3 aromatic carbocycles. The summed E-state index contributed by atoms with van der Waals surface area (Å²) in [6.07, 6.45) is 1.75. The molecule has 0 saturated carbocycles. The molecule has 0 unspecified atom stereocenters. The molecule has 0 aliphatic carbocycles. The second kappa shape index (κ2) is 7.67. The van der Waals surface area contributed by atoms with Gasteiger partial charge in [-0.1, -0.05) is 97.1 Å². The average molecular weight is 346 g/mol. The van der Waals surface area contributed by atoms with Crippen LogP contribution in [0.1, 0.15) is 23.1 Å². The molecule has 0 amide bonds. The maximum absolute atomic E-state index is 16.8. The van der Waals surface area contributed by atoms with E-state index in [9.17, 15) is 5.11 Å². The third-order valence-corrected chi connectivity index (χ3v) is 4.87. The molecule has 0 aliphatic heterocycles. The van der Waals surface area contributed by atoms with E-state index in [4.69, 9.17) is 0 Å². The first-order chi connectivity index (χ1) is 12.6. The van der Waals surface area contributed by atoms with Gasteiger partial charge in [0.25, 0.3) is 0 Å². The minimum absolute atomic E-state index is 0.0666. The van der Waals surface area contributed by atoms with Gasteiger partial charge in [0.1, 0.15) is 5.60 Å². The lowest BCUT2D eigenvalue weighted by molar-refractivity contribution is -0.115. The minimum Gasteiger partial charge on any atom is -0.381 e. The predicted molar refractivity (Wildman–Crippen MR) is 105 cm³/mol. The van der Waals surface area contributed by atoms with Crippen molar-refractivity contribution in [3.05, 3.63) is 120 Å². The molecule has 0 fully saturated rings. The van der Waals surface area contributed by atoms with E-state index in [1.807, 2.05) is 54.6 Å². The molecule has 0 aliphatic rings. The summed E-state index contributed by atoms with van der Waals surface area (Å²) >= 11 is 0. The van der Waals surface area contributed by atoms with Crippen LogP contribution in [-0.2, 0) is 17.7 Å². The fourth-order valence-corrected chi connectivity index (χ4v) is 3.50. The van der Waals surface area contributed by atoms with E-state index in [0.717, 1.165) is 5.56 Å². The quantitative estimate of drug-likeness (QED) is 0.556. The van der Waals surface area contributed by atoms with E-state index in [-0.39, 0.29) is 12.8 Å². The first-order valence-electron chi connectivity index (χ1n) is 8.77. The Morgan fingerprint density at radius 1 is 0.769 bits per heavy atom. The van der Waals surface area contributed by atoms with Crippen LogP contribution in [0.3, 0.4) is 0 Å². The Morgan fingerprint density at radius 2 is 1.23 bits per heavy atom. The lowest BCUT2D eigenvalue weighted by Crippen LogP contribution is -2.47. The van der Waals surface area contributed by atoms with Gasteiger partial charge < -0.3 is 5.11 Å². The molecule has 3 aromatic rings. The molecule has 26 heavy (non-hydrogen) atoms. The van der Waals surface area contributed by atoms with Crippen LogP contribution in [0.2, 0.25) is 0 Å². The number of hydrogen-bond donors (Lipinski definition) is 1. The van der Waals surface area contributed by atoms with Gasteiger partial charge in [0.2, 0.25) is 0 Å². The second-order valence-corrected chi connectivity index (χ2v) is 6.55. The Bertz CT molecular complexity index is 832. The van der Waals surface area contributed by atoms with Gasteiger partial charge in [0, 0.05) is 12.8 Å². The normalized spacial score (nSPS) is 15.6. The summed E-state index contributed by atoms with van der Waals surface area (Å²) < 4.78 is 16.8. The third-order valence-electron chi connectivity index (χ3n) is 4.87. The maximum atomic E-state index is 16.8. The van der Waals surface area contributed by atoms with Gasteiger partial charge in [-0.3, -0.25) is 0 Å². The Hall–Kier alpha value is -2.71. The van der Waals surface area contributed by atoms with Crippen molar-refractivity contribution < 1.29 is 9.50 Å². The fraction of sp³-hybridized carbons (Fsp3) is 0.167. The number of rotatable bonds is 7. The molecule has 1 N–H and O–H groups in total. The van der Waals surface area contributed by atoms with E-state index >= 15 is 4.39 Å². The van der Waals surface area contributed by atoms with E-state index in [1.165, 1.54) is 0 Å². The molecular formula is C24H23FO. The molecule has 3 rings (SSSR count). The van der Waals surface area contributed by atoms with E-state index in [0.29, 0.717) is 11.1 Å². The Kier molecular flexibility index (Phi) is 5.34. The largest absolute Gasteiger partial charge is 0.381 e. The van der Waals surface area contributed by atoms with Crippen molar-refractivity contribution in [1.29, 1.82) is 0 Å². The molecule has 0 saturated heterocycles. The molecule has 0 heterocycles. The number of alkyl halides is 1. The highest BCUT2D eigenvalue weighted by molar-refractivity contribution is 5.37. The van der Waals surface area contributed by atoms with Crippen molar-refractivity contribution in [2.45, 2.75) is 24.1 Å². The number of halogens is 1. The van der Waals surface area contributed by atoms with Gasteiger partial charge in [-0.25, -0.2) is 4.39 Å². The number of hydrogen-bond acceptors (Lipinski definition) is 1. The summed E-state index contributed by atoms with van der Waals surface area (Å²) in [4.78, 5) is 0. The SMILES string of the molecule is C=CC[C@](O)(c1ccccc1)[C@](F)(Cc1ccccc1)c1ccccc1. The van der Waals surface area contributed by atoms with Crippen LogP contribution in [0.25, 0.3) is 0 Å². The summed E-state index contributed by atoms with van der Waals surface area (Å²) in [5, 5.41) is 11.7. The fourth-order valence-electron chi connectivity index (χ4n) is 3.50. The zero-order valence-corrected chi connectivity index (χ0v) is 14.7. The zero-order valence-electron chi connectivity index (χ0n) is 14.7. The minimum atomic E-state index is -2.01. The van der Waals surface area contributed by atoms with Crippen molar-refractivity contribution in [2.75, 3.05) is 0 Å². The van der Waals surface area contributed by atoms with Crippen LogP contribution in [-0.4, -0.2) is 5.11 Å². The maximum Gasteiger partial charge on any atom is 0.172 e. The topological polar surface area (TPSA) is 20.2 Å². The van der Waals surface area contributed by atoms with Crippen LogP contribution in [0.15, 0.2) is 104 Å². The van der Waals surface area contributed by atoms with Crippen molar-refractivity contribution in [2.24, 2.45) is 0 Å². The van der Waals surface area contributed by atoms with Crippen molar-refractivity contribution >= 4 is 0 Å². The Labute approximate surface area is 154 Å². The summed E-state index contributed by atoms with van der Waals surface area (Å²) in [5.74, 6) is 0. The van der Waals surface area contributed by atoms with Gasteiger partial charge in [0.15, 0.2) is 5.67 Å². The van der Waals surface area contributed by atoms with Crippen LogP contribution >= 0.6 is 0 Å². The molecule has 0 bridgehead atoms. The second-order valence-electron chi connectivity index (χ2n) is 6.55. The Balaban J connectivity index is 2.19. The highest BCUT2D eigenvalue weighted by Gasteiger charge is 2.52. The van der Waals surface area contributed by atoms with Crippen LogP contribution < -0.4 is 0 Å². The summed E-state index contributed by atoms with van der Waals surface area (Å²) in [5.41, 5.74) is -1.91. The summed E-state index contributed by atoms with van der Waals surface area (Å²) in [7, 11) is 0. The van der Waals surface area contributed by atoms with Crippen molar-refractivity contribution in [3.8, 4) is 0 Å². The van der Waals surface area contributed by atoms with Gasteiger partial charge in [-0.15, -0.1) is 6.58 Å². The molecule has 0 aromatic heterocycles. The third kappa shape index (κ3) is 3.33.